The minimum Gasteiger partial charge on any atom is -0.481 e. The van der Waals surface area contributed by atoms with E-state index in [1.54, 1.807) is 6.92 Å². The van der Waals surface area contributed by atoms with Crippen molar-refractivity contribution in [2.75, 3.05) is 72.7 Å². The molecule has 0 heterocycles. The van der Waals surface area contributed by atoms with Crippen LogP contribution < -0.4 is 0 Å². The number of carboxylic acid groups (broad SMARTS) is 1. The molecular formula is C16H30O9. The third-order valence-corrected chi connectivity index (χ3v) is 2.70. The Morgan fingerprint density at radius 2 is 1.00 bits per heavy atom. The SMILES string of the molecule is CCOC(=O)CCOCCOCCOCCOCCOCCC(=O)O. The van der Waals surface area contributed by atoms with Gasteiger partial charge < -0.3 is 33.5 Å². The molecule has 0 radical (unpaired) electrons. The monoisotopic (exact) mass is 366 g/mol. The average Bonchev–Trinajstić information content (AvgIpc) is 2.57. The zero-order chi connectivity index (χ0) is 18.6. The van der Waals surface area contributed by atoms with Crippen LogP contribution in [0.1, 0.15) is 19.8 Å². The maximum absolute atomic E-state index is 11.0. The first kappa shape index (κ1) is 23.7. The number of rotatable bonds is 19. The van der Waals surface area contributed by atoms with E-state index in [0.717, 1.165) is 0 Å². The Labute approximate surface area is 148 Å². The molecule has 9 nitrogen and oxygen atoms in total. The molecule has 0 saturated heterocycles. The van der Waals surface area contributed by atoms with Crippen molar-refractivity contribution in [2.24, 2.45) is 0 Å². The van der Waals surface area contributed by atoms with Gasteiger partial charge in [-0.05, 0) is 6.92 Å². The molecule has 0 aromatic heterocycles. The minimum absolute atomic E-state index is 0.000449. The van der Waals surface area contributed by atoms with Gasteiger partial charge in [0.15, 0.2) is 0 Å². The zero-order valence-corrected chi connectivity index (χ0v) is 14.9. The van der Waals surface area contributed by atoms with Crippen molar-refractivity contribution in [1.29, 1.82) is 0 Å². The minimum atomic E-state index is -0.875. The smallest absolute Gasteiger partial charge is 0.308 e. The maximum Gasteiger partial charge on any atom is 0.308 e. The van der Waals surface area contributed by atoms with Gasteiger partial charge >= 0.3 is 11.9 Å². The van der Waals surface area contributed by atoms with Gasteiger partial charge in [-0.3, -0.25) is 9.59 Å². The molecular weight excluding hydrogens is 336 g/mol. The molecule has 0 aliphatic heterocycles. The summed E-state index contributed by atoms with van der Waals surface area (Å²) in [6.07, 6.45) is 0.251. The number of aliphatic carboxylic acids is 1. The molecule has 0 atom stereocenters. The summed E-state index contributed by atoms with van der Waals surface area (Å²) in [7, 11) is 0. The molecule has 0 unspecified atom stereocenters. The highest BCUT2D eigenvalue weighted by molar-refractivity contribution is 5.69. The Hall–Kier alpha value is -1.26. The summed E-state index contributed by atoms with van der Waals surface area (Å²) in [6, 6.07) is 0. The lowest BCUT2D eigenvalue weighted by Gasteiger charge is -2.07. The molecule has 0 bridgehead atoms. The summed E-state index contributed by atoms with van der Waals surface area (Å²) >= 11 is 0. The molecule has 0 rings (SSSR count). The fourth-order valence-electron chi connectivity index (χ4n) is 1.53. The van der Waals surface area contributed by atoms with Crippen molar-refractivity contribution in [1.82, 2.24) is 0 Å². The Kier molecular flexibility index (Phi) is 18.1. The number of carboxylic acids is 1. The van der Waals surface area contributed by atoms with Crippen molar-refractivity contribution in [3.8, 4) is 0 Å². The highest BCUT2D eigenvalue weighted by Crippen LogP contribution is 1.89. The molecule has 0 saturated carbocycles. The van der Waals surface area contributed by atoms with Gasteiger partial charge in [-0.25, -0.2) is 0 Å². The van der Waals surface area contributed by atoms with E-state index < -0.39 is 5.97 Å². The first-order valence-electron chi connectivity index (χ1n) is 8.43. The Morgan fingerprint density at radius 3 is 1.36 bits per heavy atom. The van der Waals surface area contributed by atoms with Crippen LogP contribution in [-0.2, 0) is 38.0 Å². The van der Waals surface area contributed by atoms with Gasteiger partial charge in [0.1, 0.15) is 0 Å². The van der Waals surface area contributed by atoms with Gasteiger partial charge in [0.2, 0.25) is 0 Å². The second-order valence-electron chi connectivity index (χ2n) is 4.76. The van der Waals surface area contributed by atoms with Crippen LogP contribution in [0.3, 0.4) is 0 Å². The molecule has 0 aliphatic carbocycles. The highest BCUT2D eigenvalue weighted by Gasteiger charge is 2.00. The molecule has 0 aromatic carbocycles. The van der Waals surface area contributed by atoms with Crippen LogP contribution in [0, 0.1) is 0 Å². The van der Waals surface area contributed by atoms with Crippen LogP contribution >= 0.6 is 0 Å². The van der Waals surface area contributed by atoms with E-state index in [1.807, 2.05) is 0 Å². The predicted molar refractivity (Wildman–Crippen MR) is 87.6 cm³/mol. The third kappa shape index (κ3) is 20.7. The number of carbonyl (C=O) groups excluding carboxylic acids is 1. The van der Waals surface area contributed by atoms with Gasteiger partial charge in [0.05, 0.1) is 85.5 Å². The fourth-order valence-corrected chi connectivity index (χ4v) is 1.53. The molecule has 0 amide bonds. The van der Waals surface area contributed by atoms with Crippen LogP contribution in [0.4, 0.5) is 0 Å². The number of ether oxygens (including phenoxy) is 6. The number of hydrogen-bond donors (Lipinski definition) is 1. The fraction of sp³-hybridized carbons (Fsp3) is 0.875. The Balaban J connectivity index is 3.05. The van der Waals surface area contributed by atoms with Crippen LogP contribution in [-0.4, -0.2) is 89.7 Å². The van der Waals surface area contributed by atoms with E-state index in [9.17, 15) is 9.59 Å². The van der Waals surface area contributed by atoms with Crippen molar-refractivity contribution < 1.29 is 43.1 Å². The first-order valence-corrected chi connectivity index (χ1v) is 8.43. The van der Waals surface area contributed by atoms with Crippen LogP contribution in [0.25, 0.3) is 0 Å². The maximum atomic E-state index is 11.0. The van der Waals surface area contributed by atoms with Gasteiger partial charge in [-0.15, -0.1) is 0 Å². The van der Waals surface area contributed by atoms with E-state index in [2.05, 4.69) is 0 Å². The van der Waals surface area contributed by atoms with E-state index in [4.69, 9.17) is 33.5 Å². The highest BCUT2D eigenvalue weighted by atomic mass is 16.6. The molecule has 25 heavy (non-hydrogen) atoms. The Morgan fingerprint density at radius 1 is 0.640 bits per heavy atom. The predicted octanol–water partition coefficient (Wildman–Crippen LogP) is 0.497. The Bertz CT molecular complexity index is 323. The quantitative estimate of drug-likeness (QED) is 0.258. The summed E-state index contributed by atoms with van der Waals surface area (Å²) < 4.78 is 30.9. The second kappa shape index (κ2) is 19.1. The molecule has 0 fully saturated rings. The normalized spacial score (nSPS) is 10.8. The van der Waals surface area contributed by atoms with Crippen LogP contribution in [0.2, 0.25) is 0 Å². The van der Waals surface area contributed by atoms with Gasteiger partial charge in [0.25, 0.3) is 0 Å². The molecule has 1 N–H and O–H groups in total. The van der Waals surface area contributed by atoms with Crippen molar-refractivity contribution >= 4 is 11.9 Å². The summed E-state index contributed by atoms with van der Waals surface area (Å²) in [5.41, 5.74) is 0. The summed E-state index contributed by atoms with van der Waals surface area (Å²) in [5.74, 6) is -1.13. The summed E-state index contributed by atoms with van der Waals surface area (Å²) in [4.78, 5) is 21.3. The van der Waals surface area contributed by atoms with Crippen molar-refractivity contribution in [3.05, 3.63) is 0 Å². The van der Waals surface area contributed by atoms with Gasteiger partial charge in [-0.1, -0.05) is 0 Å². The standard InChI is InChI=1S/C16H30O9/c1-2-25-16(19)4-6-21-8-10-23-12-14-24-13-11-22-9-7-20-5-3-15(17)18/h2-14H2,1H3,(H,17,18). The summed E-state index contributed by atoms with van der Waals surface area (Å²) in [6.45, 7) is 6.12. The molecule has 9 heteroatoms. The molecule has 0 spiro atoms. The van der Waals surface area contributed by atoms with Crippen LogP contribution in [0.15, 0.2) is 0 Å². The number of esters is 1. The lowest BCUT2D eigenvalue weighted by molar-refractivity contribution is -0.144. The van der Waals surface area contributed by atoms with E-state index in [0.29, 0.717) is 66.1 Å². The van der Waals surface area contributed by atoms with E-state index in [1.165, 1.54) is 0 Å². The third-order valence-electron chi connectivity index (χ3n) is 2.70. The van der Waals surface area contributed by atoms with Crippen molar-refractivity contribution in [3.63, 3.8) is 0 Å². The second-order valence-corrected chi connectivity index (χ2v) is 4.76. The summed E-state index contributed by atoms with van der Waals surface area (Å²) in [5, 5.41) is 8.40. The van der Waals surface area contributed by atoms with E-state index >= 15 is 0 Å². The number of carbonyl (C=O) groups is 2. The van der Waals surface area contributed by atoms with Gasteiger partial charge in [0, 0.05) is 0 Å². The lowest BCUT2D eigenvalue weighted by atomic mass is 10.5. The van der Waals surface area contributed by atoms with Crippen molar-refractivity contribution in [2.45, 2.75) is 19.8 Å². The number of hydrogen-bond acceptors (Lipinski definition) is 8. The zero-order valence-electron chi connectivity index (χ0n) is 14.9. The average molecular weight is 366 g/mol. The van der Waals surface area contributed by atoms with E-state index in [-0.39, 0.29) is 25.4 Å². The topological polar surface area (TPSA) is 110 Å². The van der Waals surface area contributed by atoms with Crippen LogP contribution in [0.5, 0.6) is 0 Å². The first-order chi connectivity index (χ1) is 12.2. The molecule has 148 valence electrons. The van der Waals surface area contributed by atoms with Gasteiger partial charge in [-0.2, -0.15) is 0 Å². The lowest BCUT2D eigenvalue weighted by Crippen LogP contribution is -2.14. The molecule has 0 aliphatic rings. The molecule has 0 aromatic rings. The largest absolute Gasteiger partial charge is 0.481 e.